The molecule has 0 saturated heterocycles. The second-order valence-corrected chi connectivity index (χ2v) is 8.73. The molecule has 1 atom stereocenters. The zero-order valence-electron chi connectivity index (χ0n) is 12.8. The molecule has 1 unspecified atom stereocenters. The number of alkyl halides is 1. The molecule has 0 aliphatic heterocycles. The standard InChI is InChI=1S/C16H17I2N5/c1-10(17)8-19-14-7-11(18)3-4-12(14)22-16-15-13(20-9-21-16)5-6-23(15)2/h3-7,9-10,19H,8H2,1-2H3,(H,20,21,22). The lowest BCUT2D eigenvalue weighted by molar-refractivity contribution is 0.964. The van der Waals surface area contributed by atoms with Crippen molar-refractivity contribution in [3.05, 3.63) is 40.4 Å². The average Bonchev–Trinajstić information content (AvgIpc) is 2.90. The third kappa shape index (κ3) is 3.87. The lowest BCUT2D eigenvalue weighted by atomic mass is 10.2. The van der Waals surface area contributed by atoms with E-state index >= 15 is 0 Å². The number of benzene rings is 1. The predicted molar refractivity (Wildman–Crippen MR) is 113 cm³/mol. The molecule has 2 aromatic heterocycles. The van der Waals surface area contributed by atoms with E-state index in [4.69, 9.17) is 0 Å². The summed E-state index contributed by atoms with van der Waals surface area (Å²) in [7, 11) is 2.00. The SMILES string of the molecule is CC(I)CNc1cc(I)ccc1Nc1ncnc2ccn(C)c12. The van der Waals surface area contributed by atoms with E-state index in [0.717, 1.165) is 34.8 Å². The molecule has 1 aromatic carbocycles. The number of fused-ring (bicyclic) bond motifs is 1. The van der Waals surface area contributed by atoms with E-state index in [0.29, 0.717) is 3.92 Å². The summed E-state index contributed by atoms with van der Waals surface area (Å²) in [5.41, 5.74) is 4.04. The molecule has 2 N–H and O–H groups in total. The molecule has 0 fully saturated rings. The van der Waals surface area contributed by atoms with Crippen molar-refractivity contribution in [1.82, 2.24) is 14.5 Å². The summed E-state index contributed by atoms with van der Waals surface area (Å²) in [6, 6.07) is 8.31. The van der Waals surface area contributed by atoms with Crippen molar-refractivity contribution >= 4 is 73.4 Å². The van der Waals surface area contributed by atoms with Gasteiger partial charge in [-0.25, -0.2) is 9.97 Å². The molecule has 0 amide bonds. The van der Waals surface area contributed by atoms with Gasteiger partial charge in [-0.2, -0.15) is 0 Å². The van der Waals surface area contributed by atoms with Gasteiger partial charge in [0, 0.05) is 27.3 Å². The van der Waals surface area contributed by atoms with E-state index in [1.54, 1.807) is 6.33 Å². The maximum atomic E-state index is 4.42. The molecule has 3 aromatic rings. The highest BCUT2D eigenvalue weighted by Crippen LogP contribution is 2.29. The van der Waals surface area contributed by atoms with E-state index < -0.39 is 0 Å². The lowest BCUT2D eigenvalue weighted by Gasteiger charge is -2.15. The number of hydrogen-bond acceptors (Lipinski definition) is 4. The zero-order chi connectivity index (χ0) is 16.4. The molecule has 0 bridgehead atoms. The fourth-order valence-electron chi connectivity index (χ4n) is 2.36. The van der Waals surface area contributed by atoms with Gasteiger partial charge in [0.25, 0.3) is 0 Å². The van der Waals surface area contributed by atoms with E-state index in [9.17, 15) is 0 Å². The molecule has 0 radical (unpaired) electrons. The van der Waals surface area contributed by atoms with Gasteiger partial charge in [-0.1, -0.05) is 29.5 Å². The first-order chi connectivity index (χ1) is 11.0. The Hall–Kier alpha value is -1.10. The van der Waals surface area contributed by atoms with Crippen LogP contribution in [0.3, 0.4) is 0 Å². The van der Waals surface area contributed by atoms with Gasteiger partial charge >= 0.3 is 0 Å². The van der Waals surface area contributed by atoms with Crippen LogP contribution in [0.2, 0.25) is 0 Å². The second kappa shape index (κ2) is 7.20. The first-order valence-corrected chi connectivity index (χ1v) is 9.57. The summed E-state index contributed by atoms with van der Waals surface area (Å²) in [6.45, 7) is 3.10. The first-order valence-electron chi connectivity index (χ1n) is 7.25. The van der Waals surface area contributed by atoms with Crippen LogP contribution < -0.4 is 10.6 Å². The second-order valence-electron chi connectivity index (χ2n) is 5.36. The maximum absolute atomic E-state index is 4.42. The van der Waals surface area contributed by atoms with Crippen LogP contribution in [0.5, 0.6) is 0 Å². The molecule has 0 aliphatic rings. The van der Waals surface area contributed by atoms with Crippen LogP contribution in [0.15, 0.2) is 36.8 Å². The van der Waals surface area contributed by atoms with Gasteiger partial charge in [0.1, 0.15) is 11.8 Å². The van der Waals surface area contributed by atoms with E-state index in [-0.39, 0.29) is 0 Å². The Kier molecular flexibility index (Phi) is 5.24. The van der Waals surface area contributed by atoms with Crippen molar-refractivity contribution in [2.75, 3.05) is 17.2 Å². The minimum atomic E-state index is 0.553. The number of anilines is 3. The minimum absolute atomic E-state index is 0.553. The van der Waals surface area contributed by atoms with Crippen molar-refractivity contribution in [3.8, 4) is 0 Å². The Balaban J connectivity index is 1.97. The normalized spacial score (nSPS) is 12.3. The van der Waals surface area contributed by atoms with Gasteiger partial charge in [0.2, 0.25) is 0 Å². The van der Waals surface area contributed by atoms with Crippen LogP contribution in [-0.4, -0.2) is 25.0 Å². The third-order valence-electron chi connectivity index (χ3n) is 3.47. The third-order valence-corrected chi connectivity index (χ3v) is 4.58. The summed E-state index contributed by atoms with van der Waals surface area (Å²) >= 11 is 4.75. The zero-order valence-corrected chi connectivity index (χ0v) is 17.2. The van der Waals surface area contributed by atoms with Crippen LogP contribution >= 0.6 is 45.2 Å². The first kappa shape index (κ1) is 16.7. The Morgan fingerprint density at radius 3 is 2.83 bits per heavy atom. The molecule has 0 saturated carbocycles. The molecule has 3 rings (SSSR count). The van der Waals surface area contributed by atoms with Crippen molar-refractivity contribution in [1.29, 1.82) is 0 Å². The number of aromatic nitrogens is 3. The van der Waals surface area contributed by atoms with Crippen molar-refractivity contribution in [3.63, 3.8) is 0 Å². The summed E-state index contributed by atoms with van der Waals surface area (Å²) in [5, 5.41) is 6.96. The van der Waals surface area contributed by atoms with Crippen LogP contribution in [0.4, 0.5) is 17.2 Å². The largest absolute Gasteiger partial charge is 0.382 e. The van der Waals surface area contributed by atoms with Crippen LogP contribution in [0.1, 0.15) is 6.92 Å². The molecule has 5 nitrogen and oxygen atoms in total. The number of rotatable bonds is 5. The number of aryl methyl sites for hydroxylation is 1. The molecule has 23 heavy (non-hydrogen) atoms. The number of nitrogens with one attached hydrogen (secondary N) is 2. The fourth-order valence-corrected chi connectivity index (χ4v) is 3.07. The van der Waals surface area contributed by atoms with Crippen LogP contribution in [0.25, 0.3) is 11.0 Å². The maximum Gasteiger partial charge on any atom is 0.158 e. The number of halogens is 2. The molecular weight excluding hydrogens is 516 g/mol. The van der Waals surface area contributed by atoms with E-state index in [2.05, 4.69) is 90.9 Å². The monoisotopic (exact) mass is 533 g/mol. The molecular formula is C16H17I2N5. The Labute approximate surface area is 162 Å². The Morgan fingerprint density at radius 1 is 1.22 bits per heavy atom. The van der Waals surface area contributed by atoms with Gasteiger partial charge in [0.15, 0.2) is 5.82 Å². The van der Waals surface area contributed by atoms with Crippen molar-refractivity contribution < 1.29 is 0 Å². The van der Waals surface area contributed by atoms with Crippen LogP contribution in [-0.2, 0) is 7.05 Å². The summed E-state index contributed by atoms with van der Waals surface area (Å²) in [4.78, 5) is 8.73. The predicted octanol–water partition coefficient (Wildman–Crippen LogP) is 4.55. The fraction of sp³-hybridized carbons (Fsp3) is 0.250. The van der Waals surface area contributed by atoms with Gasteiger partial charge in [-0.3, -0.25) is 0 Å². The quantitative estimate of drug-likeness (QED) is 0.374. The average molecular weight is 533 g/mol. The lowest BCUT2D eigenvalue weighted by Crippen LogP contribution is -2.11. The molecule has 7 heteroatoms. The van der Waals surface area contributed by atoms with Crippen molar-refractivity contribution in [2.45, 2.75) is 10.8 Å². The topological polar surface area (TPSA) is 54.8 Å². The highest BCUT2D eigenvalue weighted by molar-refractivity contribution is 14.1. The van der Waals surface area contributed by atoms with Gasteiger partial charge in [-0.05, 0) is 46.9 Å². The van der Waals surface area contributed by atoms with E-state index in [1.165, 1.54) is 3.57 Å². The van der Waals surface area contributed by atoms with Gasteiger partial charge in [0.05, 0.1) is 16.9 Å². The highest BCUT2D eigenvalue weighted by Gasteiger charge is 2.10. The molecule has 120 valence electrons. The van der Waals surface area contributed by atoms with Crippen LogP contribution in [0, 0.1) is 3.57 Å². The number of nitrogens with zero attached hydrogens (tertiary/aromatic N) is 3. The molecule has 2 heterocycles. The Morgan fingerprint density at radius 2 is 2.04 bits per heavy atom. The summed E-state index contributed by atoms with van der Waals surface area (Å²) in [5.74, 6) is 0.814. The summed E-state index contributed by atoms with van der Waals surface area (Å²) in [6.07, 6.45) is 3.59. The highest BCUT2D eigenvalue weighted by atomic mass is 127. The van der Waals surface area contributed by atoms with Crippen molar-refractivity contribution in [2.24, 2.45) is 7.05 Å². The van der Waals surface area contributed by atoms with E-state index in [1.807, 2.05) is 23.9 Å². The molecule has 0 spiro atoms. The smallest absolute Gasteiger partial charge is 0.158 e. The Bertz CT molecular complexity index is 828. The van der Waals surface area contributed by atoms with Gasteiger partial charge < -0.3 is 15.2 Å². The minimum Gasteiger partial charge on any atom is -0.382 e. The van der Waals surface area contributed by atoms with Gasteiger partial charge in [-0.15, -0.1) is 0 Å². The molecule has 0 aliphatic carbocycles. The number of hydrogen-bond donors (Lipinski definition) is 2. The summed E-state index contributed by atoms with van der Waals surface area (Å²) < 4.78 is 3.78.